The summed E-state index contributed by atoms with van der Waals surface area (Å²) in [5.41, 5.74) is 0.873. The number of Topliss-reactive ketones (excluding diaryl/α,β-unsaturated/α-hetero) is 1. The molecule has 2 fully saturated rings. The summed E-state index contributed by atoms with van der Waals surface area (Å²) in [6.45, 7) is 3.07. The predicted octanol–water partition coefficient (Wildman–Crippen LogP) is 4.79. The molecule has 3 heterocycles. The molecule has 5 rings (SSSR count). The average molecular weight is 440 g/mol. The first-order chi connectivity index (χ1) is 14.5. The van der Waals surface area contributed by atoms with Crippen molar-refractivity contribution in [2.24, 2.45) is 5.92 Å². The molecule has 3 unspecified atom stereocenters. The highest BCUT2D eigenvalue weighted by molar-refractivity contribution is 8.00. The molecule has 7 heteroatoms. The lowest BCUT2D eigenvalue weighted by atomic mass is 9.93. The summed E-state index contributed by atoms with van der Waals surface area (Å²) < 4.78 is 5.35. The van der Waals surface area contributed by atoms with Crippen LogP contribution in [0.4, 0.5) is 0 Å². The highest BCUT2D eigenvalue weighted by Gasteiger charge is 2.43. The number of aryl methyl sites for hydroxylation is 1. The molecule has 1 saturated heterocycles. The number of hydrogen-bond donors (Lipinski definition) is 0. The third kappa shape index (κ3) is 3.63. The van der Waals surface area contributed by atoms with Crippen LogP contribution in [0.1, 0.15) is 39.1 Å². The maximum absolute atomic E-state index is 12.9. The summed E-state index contributed by atoms with van der Waals surface area (Å²) >= 11 is 3.18. The van der Waals surface area contributed by atoms with Gasteiger partial charge in [0.2, 0.25) is 0 Å². The van der Waals surface area contributed by atoms with E-state index in [1.807, 2.05) is 31.2 Å². The van der Waals surface area contributed by atoms with Crippen LogP contribution < -0.4 is 4.74 Å². The number of methoxy groups -OCH3 is 1. The molecule has 1 aliphatic heterocycles. The Kier molecular flexibility index (Phi) is 5.29. The summed E-state index contributed by atoms with van der Waals surface area (Å²) in [6, 6.07) is 10.7. The van der Waals surface area contributed by atoms with Gasteiger partial charge in [-0.1, -0.05) is 11.8 Å². The zero-order chi connectivity index (χ0) is 20.8. The van der Waals surface area contributed by atoms with Crippen molar-refractivity contribution in [2.75, 3.05) is 26.5 Å². The normalized spacial score (nSPS) is 23.4. The molecule has 1 saturated carbocycles. The van der Waals surface area contributed by atoms with E-state index >= 15 is 0 Å². The van der Waals surface area contributed by atoms with E-state index in [9.17, 15) is 4.79 Å². The fraction of sp³-hybridized carbons (Fsp3) is 0.435. The summed E-state index contributed by atoms with van der Waals surface area (Å²) in [4.78, 5) is 26.7. The van der Waals surface area contributed by atoms with Crippen LogP contribution in [0.2, 0.25) is 0 Å². The Hall–Kier alpha value is -1.96. The van der Waals surface area contributed by atoms with Crippen LogP contribution in [0.15, 0.2) is 35.4 Å². The van der Waals surface area contributed by atoms with Crippen molar-refractivity contribution in [1.29, 1.82) is 0 Å². The number of carbonyl (C=O) groups is 1. The molecule has 30 heavy (non-hydrogen) atoms. The molecule has 0 spiro atoms. The molecule has 3 atom stereocenters. The van der Waals surface area contributed by atoms with Gasteiger partial charge in [-0.3, -0.25) is 4.79 Å². The smallest absolute Gasteiger partial charge is 0.183 e. The molecular formula is C23H25N3O2S2. The van der Waals surface area contributed by atoms with E-state index in [0.717, 1.165) is 38.5 Å². The van der Waals surface area contributed by atoms with Gasteiger partial charge in [0.05, 0.1) is 23.3 Å². The molecule has 5 nitrogen and oxygen atoms in total. The predicted molar refractivity (Wildman–Crippen MR) is 122 cm³/mol. The number of thiophene rings is 1. The Morgan fingerprint density at radius 2 is 2.13 bits per heavy atom. The van der Waals surface area contributed by atoms with Gasteiger partial charge in [0.15, 0.2) is 5.78 Å². The second-order valence-electron chi connectivity index (χ2n) is 8.30. The molecule has 1 aromatic carbocycles. The maximum Gasteiger partial charge on any atom is 0.183 e. The first-order valence-corrected chi connectivity index (χ1v) is 12.1. The molecule has 0 radical (unpaired) electrons. The van der Waals surface area contributed by atoms with Crippen LogP contribution in [-0.4, -0.2) is 53.1 Å². The van der Waals surface area contributed by atoms with E-state index in [1.54, 1.807) is 18.4 Å². The lowest BCUT2D eigenvalue weighted by molar-refractivity contribution is 0.102. The van der Waals surface area contributed by atoms with E-state index in [-0.39, 0.29) is 5.78 Å². The molecule has 0 N–H and O–H groups in total. The number of carbonyl (C=O) groups excluding carboxylic acids is 1. The fourth-order valence-corrected chi connectivity index (χ4v) is 7.04. The summed E-state index contributed by atoms with van der Waals surface area (Å²) in [5, 5.41) is 1.76. The zero-order valence-corrected chi connectivity index (χ0v) is 19.1. The van der Waals surface area contributed by atoms with E-state index < -0.39 is 0 Å². The number of benzene rings is 1. The number of likely N-dealkylation sites (tertiary alicyclic amines) is 1. The quantitative estimate of drug-likeness (QED) is 0.313. The number of ketones is 1. The SMILES string of the molecule is COc1ccc2nc(C)nc(SCC(=O)c3ccc(C4CC5CC4CN5C)s3)c2c1. The van der Waals surface area contributed by atoms with Crippen molar-refractivity contribution in [3.63, 3.8) is 0 Å². The first-order valence-electron chi connectivity index (χ1n) is 10.3. The zero-order valence-electron chi connectivity index (χ0n) is 17.4. The monoisotopic (exact) mass is 439 g/mol. The number of aromatic nitrogens is 2. The van der Waals surface area contributed by atoms with Gasteiger partial charge in [-0.05, 0) is 69.0 Å². The Morgan fingerprint density at radius 1 is 1.27 bits per heavy atom. The van der Waals surface area contributed by atoms with Gasteiger partial charge in [-0.25, -0.2) is 9.97 Å². The molecule has 156 valence electrons. The van der Waals surface area contributed by atoms with Crippen LogP contribution in [0.3, 0.4) is 0 Å². The Bertz CT molecular complexity index is 1110. The number of ether oxygens (including phenoxy) is 1. The largest absolute Gasteiger partial charge is 0.497 e. The lowest BCUT2D eigenvalue weighted by Gasteiger charge is -2.27. The fourth-order valence-electron chi connectivity index (χ4n) is 4.86. The number of piperidine rings is 1. The second-order valence-corrected chi connectivity index (χ2v) is 10.4. The minimum Gasteiger partial charge on any atom is -0.497 e. The summed E-state index contributed by atoms with van der Waals surface area (Å²) in [7, 11) is 3.88. The van der Waals surface area contributed by atoms with Crippen LogP contribution in [-0.2, 0) is 0 Å². The molecule has 2 aromatic heterocycles. The summed E-state index contributed by atoms with van der Waals surface area (Å²) in [6.07, 6.45) is 2.54. The van der Waals surface area contributed by atoms with Gasteiger partial charge in [-0.15, -0.1) is 11.3 Å². The molecule has 1 aliphatic carbocycles. The van der Waals surface area contributed by atoms with E-state index in [1.165, 1.54) is 36.0 Å². The van der Waals surface area contributed by atoms with Crippen molar-refractivity contribution >= 4 is 39.8 Å². The van der Waals surface area contributed by atoms with Crippen LogP contribution in [0.25, 0.3) is 10.9 Å². The standard InChI is InChI=1S/C23H25N3O2S2/c1-13-24-19-5-4-16(28-3)10-18(19)23(25-13)29-12-20(27)22-7-6-21(30-22)17-9-15-8-14(17)11-26(15)2/h4-7,10,14-15,17H,8-9,11-12H2,1-3H3. The first kappa shape index (κ1) is 20.0. The molecular weight excluding hydrogens is 414 g/mol. The van der Waals surface area contributed by atoms with Gasteiger partial charge in [0.25, 0.3) is 0 Å². The highest BCUT2D eigenvalue weighted by atomic mass is 32.2. The van der Waals surface area contributed by atoms with Gasteiger partial charge in [-0.2, -0.15) is 0 Å². The Labute approximate surface area is 184 Å². The number of fused-ring (bicyclic) bond motifs is 3. The number of rotatable bonds is 6. The van der Waals surface area contributed by atoms with Crippen molar-refractivity contribution in [3.05, 3.63) is 45.9 Å². The van der Waals surface area contributed by atoms with Gasteiger partial charge >= 0.3 is 0 Å². The van der Waals surface area contributed by atoms with E-state index in [4.69, 9.17) is 4.74 Å². The number of hydrogen-bond acceptors (Lipinski definition) is 7. The minimum absolute atomic E-state index is 0.170. The molecule has 0 amide bonds. The molecule has 3 aromatic rings. The van der Waals surface area contributed by atoms with Gasteiger partial charge < -0.3 is 9.64 Å². The Balaban J connectivity index is 1.31. The van der Waals surface area contributed by atoms with Gasteiger partial charge in [0.1, 0.15) is 16.6 Å². The minimum atomic E-state index is 0.170. The van der Waals surface area contributed by atoms with Crippen LogP contribution >= 0.6 is 23.1 Å². The van der Waals surface area contributed by atoms with Crippen molar-refractivity contribution in [1.82, 2.24) is 14.9 Å². The number of thioether (sulfide) groups is 1. The highest BCUT2D eigenvalue weighted by Crippen LogP contribution is 2.48. The van der Waals surface area contributed by atoms with E-state index in [2.05, 4.69) is 28.0 Å². The molecule has 2 aliphatic rings. The topological polar surface area (TPSA) is 55.3 Å². The maximum atomic E-state index is 12.9. The van der Waals surface area contributed by atoms with E-state index in [0.29, 0.717) is 17.5 Å². The number of nitrogens with zero attached hydrogens (tertiary/aromatic N) is 3. The van der Waals surface area contributed by atoms with Crippen molar-refractivity contribution in [3.8, 4) is 5.75 Å². The van der Waals surface area contributed by atoms with Crippen LogP contribution in [0.5, 0.6) is 5.75 Å². The Morgan fingerprint density at radius 3 is 2.87 bits per heavy atom. The molecule has 2 bridgehead atoms. The lowest BCUT2D eigenvalue weighted by Crippen LogP contribution is -2.30. The van der Waals surface area contributed by atoms with Crippen molar-refractivity contribution in [2.45, 2.75) is 36.8 Å². The third-order valence-electron chi connectivity index (χ3n) is 6.40. The van der Waals surface area contributed by atoms with Crippen molar-refractivity contribution < 1.29 is 9.53 Å². The van der Waals surface area contributed by atoms with Gasteiger partial charge in [0, 0.05) is 22.8 Å². The van der Waals surface area contributed by atoms with Crippen LogP contribution in [0, 0.1) is 12.8 Å². The summed E-state index contributed by atoms with van der Waals surface area (Å²) in [5.74, 6) is 3.41. The second kappa shape index (κ2) is 7.94. The average Bonchev–Trinajstić information content (AvgIpc) is 3.46. The third-order valence-corrected chi connectivity index (χ3v) is 8.65.